The first-order valence-corrected chi connectivity index (χ1v) is 8.70. The van der Waals surface area contributed by atoms with E-state index in [1.165, 1.54) is 62.8 Å². The molecule has 2 nitrogen and oxygen atoms in total. The zero-order valence-corrected chi connectivity index (χ0v) is 13.7. The maximum absolute atomic E-state index is 4.14. The predicted molar refractivity (Wildman–Crippen MR) is 83.6 cm³/mol. The van der Waals surface area contributed by atoms with Gasteiger partial charge in [0, 0.05) is 6.42 Å². The van der Waals surface area contributed by atoms with Crippen molar-refractivity contribution in [3.63, 3.8) is 0 Å². The lowest BCUT2D eigenvalue weighted by molar-refractivity contribution is 0.564. The summed E-state index contributed by atoms with van der Waals surface area (Å²) in [6.45, 7) is 2.27. The van der Waals surface area contributed by atoms with Crippen molar-refractivity contribution in [2.45, 2.75) is 71.1 Å². The van der Waals surface area contributed by atoms with Crippen LogP contribution >= 0.6 is 33.9 Å². The molecule has 0 spiro atoms. The van der Waals surface area contributed by atoms with Gasteiger partial charge < -0.3 is 0 Å². The minimum absolute atomic E-state index is 1.06. The Morgan fingerprint density at radius 2 is 1.47 bits per heavy atom. The number of hydrogen-bond donors (Lipinski definition) is 0. The normalized spacial score (nSPS) is 10.9. The van der Waals surface area contributed by atoms with Crippen LogP contribution in [0, 0.1) is 3.01 Å². The molecule has 0 unspecified atom stereocenters. The van der Waals surface area contributed by atoms with Crippen molar-refractivity contribution in [1.29, 1.82) is 0 Å². The molecule has 98 valence electrons. The Morgan fingerprint density at radius 3 is 2.00 bits per heavy atom. The third-order valence-electron chi connectivity index (χ3n) is 2.94. The quantitative estimate of drug-likeness (QED) is 0.419. The molecule has 0 saturated heterocycles. The van der Waals surface area contributed by atoms with Crippen molar-refractivity contribution in [2.75, 3.05) is 0 Å². The van der Waals surface area contributed by atoms with Crippen molar-refractivity contribution in [3.05, 3.63) is 8.02 Å². The number of aryl methyl sites for hydroxylation is 1. The molecule has 0 radical (unpaired) electrons. The summed E-state index contributed by atoms with van der Waals surface area (Å²) in [4.78, 5) is 0. The molecule has 0 aliphatic carbocycles. The van der Waals surface area contributed by atoms with Crippen LogP contribution in [0.25, 0.3) is 0 Å². The van der Waals surface area contributed by atoms with Gasteiger partial charge in [0.2, 0.25) is 0 Å². The van der Waals surface area contributed by atoms with Crippen LogP contribution in [0.3, 0.4) is 0 Å². The number of hydrogen-bond acceptors (Lipinski definition) is 3. The van der Waals surface area contributed by atoms with E-state index in [9.17, 15) is 0 Å². The summed E-state index contributed by atoms with van der Waals surface area (Å²) >= 11 is 3.97. The average molecular weight is 366 g/mol. The summed E-state index contributed by atoms with van der Waals surface area (Å²) in [5.74, 6) is 0. The fourth-order valence-electron chi connectivity index (χ4n) is 1.92. The molecule has 0 N–H and O–H groups in total. The molecule has 0 amide bonds. The fourth-order valence-corrected chi connectivity index (χ4v) is 3.40. The molecule has 0 saturated carbocycles. The molecule has 0 bridgehead atoms. The molecular formula is C13H23IN2S. The first kappa shape index (κ1) is 15.3. The van der Waals surface area contributed by atoms with Gasteiger partial charge in [-0.1, -0.05) is 69.6 Å². The third kappa shape index (κ3) is 8.08. The first-order valence-electron chi connectivity index (χ1n) is 6.81. The van der Waals surface area contributed by atoms with Crippen LogP contribution in [0.5, 0.6) is 0 Å². The highest BCUT2D eigenvalue weighted by Gasteiger charge is 2.00. The van der Waals surface area contributed by atoms with Crippen LogP contribution in [-0.2, 0) is 6.42 Å². The highest BCUT2D eigenvalue weighted by molar-refractivity contribution is 14.1. The van der Waals surface area contributed by atoms with E-state index in [-0.39, 0.29) is 0 Å². The average Bonchev–Trinajstić information content (AvgIpc) is 2.73. The van der Waals surface area contributed by atoms with Gasteiger partial charge in [-0.2, -0.15) is 0 Å². The largest absolute Gasteiger partial charge is 0.178 e. The molecule has 0 atom stereocenters. The highest BCUT2D eigenvalue weighted by atomic mass is 127. The van der Waals surface area contributed by atoms with Crippen LogP contribution in [-0.4, -0.2) is 10.2 Å². The number of halogens is 1. The van der Waals surface area contributed by atoms with E-state index >= 15 is 0 Å². The summed E-state index contributed by atoms with van der Waals surface area (Å²) < 4.78 is 1.06. The predicted octanol–water partition coefficient (Wildman–Crippen LogP) is 5.22. The molecule has 0 fully saturated rings. The Balaban J connectivity index is 1.84. The van der Waals surface area contributed by atoms with Gasteiger partial charge in [0.15, 0.2) is 3.01 Å². The smallest absolute Gasteiger partial charge is 0.143 e. The topological polar surface area (TPSA) is 25.8 Å². The van der Waals surface area contributed by atoms with Crippen molar-refractivity contribution in [3.8, 4) is 0 Å². The van der Waals surface area contributed by atoms with Crippen molar-refractivity contribution < 1.29 is 0 Å². The molecular weight excluding hydrogens is 343 g/mol. The summed E-state index contributed by atoms with van der Waals surface area (Å²) in [7, 11) is 0. The van der Waals surface area contributed by atoms with Gasteiger partial charge in [-0.15, -0.1) is 10.2 Å². The van der Waals surface area contributed by atoms with Gasteiger partial charge in [-0.25, -0.2) is 0 Å². The number of nitrogens with zero attached hydrogens (tertiary/aromatic N) is 2. The minimum atomic E-state index is 1.06. The molecule has 0 aliphatic rings. The van der Waals surface area contributed by atoms with E-state index in [1.54, 1.807) is 11.3 Å². The van der Waals surface area contributed by atoms with Crippen molar-refractivity contribution in [1.82, 2.24) is 10.2 Å². The Bertz CT molecular complexity index is 289. The zero-order chi connectivity index (χ0) is 12.3. The molecule has 17 heavy (non-hydrogen) atoms. The lowest BCUT2D eigenvalue weighted by Crippen LogP contribution is -1.86. The van der Waals surface area contributed by atoms with Crippen molar-refractivity contribution in [2.24, 2.45) is 0 Å². The van der Waals surface area contributed by atoms with Crippen molar-refractivity contribution >= 4 is 33.9 Å². The monoisotopic (exact) mass is 366 g/mol. The van der Waals surface area contributed by atoms with E-state index in [0.717, 1.165) is 9.44 Å². The van der Waals surface area contributed by atoms with Crippen LogP contribution < -0.4 is 0 Å². The summed E-state index contributed by atoms with van der Waals surface area (Å²) in [5, 5.41) is 9.38. The number of unbranched alkanes of at least 4 members (excludes halogenated alkanes) is 8. The third-order valence-corrected chi connectivity index (χ3v) is 4.58. The van der Waals surface area contributed by atoms with Gasteiger partial charge in [0.05, 0.1) is 0 Å². The summed E-state index contributed by atoms with van der Waals surface area (Å²) in [5.41, 5.74) is 0. The lowest BCUT2D eigenvalue weighted by Gasteiger charge is -2.00. The highest BCUT2D eigenvalue weighted by Crippen LogP contribution is 2.15. The zero-order valence-electron chi connectivity index (χ0n) is 10.8. The maximum atomic E-state index is 4.14. The molecule has 1 aromatic rings. The van der Waals surface area contributed by atoms with E-state index in [1.807, 2.05) is 0 Å². The second kappa shape index (κ2) is 10.2. The molecule has 1 heterocycles. The second-order valence-corrected chi connectivity index (χ2v) is 7.34. The van der Waals surface area contributed by atoms with Gasteiger partial charge in [-0.3, -0.25) is 0 Å². The van der Waals surface area contributed by atoms with Crippen LogP contribution in [0.4, 0.5) is 0 Å². The molecule has 1 aromatic heterocycles. The number of aromatic nitrogens is 2. The van der Waals surface area contributed by atoms with E-state index in [4.69, 9.17) is 0 Å². The summed E-state index contributed by atoms with van der Waals surface area (Å²) in [6.07, 6.45) is 13.6. The van der Waals surface area contributed by atoms with Gasteiger partial charge in [0.1, 0.15) is 5.01 Å². The van der Waals surface area contributed by atoms with E-state index < -0.39 is 0 Å². The minimum Gasteiger partial charge on any atom is -0.143 e. The first-order chi connectivity index (χ1) is 8.33. The maximum Gasteiger partial charge on any atom is 0.178 e. The lowest BCUT2D eigenvalue weighted by atomic mass is 10.1. The Morgan fingerprint density at radius 1 is 0.882 bits per heavy atom. The van der Waals surface area contributed by atoms with Gasteiger partial charge >= 0.3 is 0 Å². The fraction of sp³-hybridized carbons (Fsp3) is 0.846. The molecule has 0 aliphatic heterocycles. The Kier molecular flexibility index (Phi) is 9.24. The molecule has 1 rings (SSSR count). The van der Waals surface area contributed by atoms with Crippen LogP contribution in [0.15, 0.2) is 0 Å². The second-order valence-electron chi connectivity index (χ2n) is 4.53. The SMILES string of the molecule is CCCCCCCCCCCc1nnc(I)s1. The summed E-state index contributed by atoms with van der Waals surface area (Å²) in [6, 6.07) is 0. The van der Waals surface area contributed by atoms with Crippen LogP contribution in [0.2, 0.25) is 0 Å². The Labute approximate surface area is 123 Å². The molecule has 4 heteroatoms. The Hall–Kier alpha value is 0.290. The van der Waals surface area contributed by atoms with Gasteiger partial charge in [0.25, 0.3) is 0 Å². The molecule has 0 aromatic carbocycles. The number of rotatable bonds is 10. The van der Waals surface area contributed by atoms with Gasteiger partial charge in [-0.05, 0) is 29.0 Å². The van der Waals surface area contributed by atoms with E-state index in [2.05, 4.69) is 39.7 Å². The standard InChI is InChI=1S/C13H23IN2S/c1-2-3-4-5-6-7-8-9-10-11-12-15-16-13(14)17-12/h2-11H2,1H3. The van der Waals surface area contributed by atoms with E-state index in [0.29, 0.717) is 0 Å². The van der Waals surface area contributed by atoms with Crippen LogP contribution in [0.1, 0.15) is 69.7 Å².